The van der Waals surface area contributed by atoms with E-state index in [2.05, 4.69) is 15.5 Å². The Morgan fingerprint density at radius 2 is 1.68 bits per heavy atom. The second kappa shape index (κ2) is 8.96. The number of halogens is 1. The van der Waals surface area contributed by atoms with Crippen molar-refractivity contribution in [2.75, 3.05) is 4.90 Å². The third-order valence-corrected chi connectivity index (χ3v) is 8.86. The van der Waals surface area contributed by atoms with Gasteiger partial charge in [0.2, 0.25) is 11.8 Å². The van der Waals surface area contributed by atoms with Gasteiger partial charge in [-0.3, -0.25) is 19.4 Å². The maximum atomic E-state index is 14.4. The zero-order valence-corrected chi connectivity index (χ0v) is 22.2. The Kier molecular flexibility index (Phi) is 5.47. The average molecular weight is 547 g/mol. The molecule has 0 saturated carbocycles. The summed E-state index contributed by atoms with van der Waals surface area (Å²) in [6.07, 6.45) is 4.69. The molecular formula is C32H23ClN4O3. The highest BCUT2D eigenvalue weighted by atomic mass is 35.5. The Labute approximate surface area is 235 Å². The quantitative estimate of drug-likeness (QED) is 0.221. The second-order valence-corrected chi connectivity index (χ2v) is 10.8. The van der Waals surface area contributed by atoms with E-state index in [0.29, 0.717) is 16.3 Å². The van der Waals surface area contributed by atoms with Crippen LogP contribution in [0.2, 0.25) is 5.02 Å². The number of pyridine rings is 1. The standard InChI is InChI=1S/C32H23ClN4O3/c1-18-12-13-20(15-25(18)33)37-30(39)27-26-21-8-2-4-10-23(21)32(28(27)31(37)40,24-11-5-3-9-22(24)26)17-35-36-29(38)19-7-6-14-34-16-19/h2-17,26-28H,1H3,(H,36,38)/b35-17-/t26?,27-,28-,32?/m1/s1. The molecule has 8 heteroatoms. The number of carbonyl (C=O) groups is 3. The van der Waals surface area contributed by atoms with Crippen molar-refractivity contribution in [1.29, 1.82) is 0 Å². The lowest BCUT2D eigenvalue weighted by atomic mass is 9.47. The lowest BCUT2D eigenvalue weighted by Crippen LogP contribution is -2.54. The number of hydrogen-bond acceptors (Lipinski definition) is 5. The van der Waals surface area contributed by atoms with Crippen LogP contribution in [0, 0.1) is 18.8 Å². The first-order valence-electron chi connectivity index (χ1n) is 13.0. The summed E-state index contributed by atoms with van der Waals surface area (Å²) in [7, 11) is 0. The first kappa shape index (κ1) is 24.4. The monoisotopic (exact) mass is 546 g/mol. The van der Waals surface area contributed by atoms with Crippen LogP contribution in [-0.4, -0.2) is 28.9 Å². The largest absolute Gasteiger partial charge is 0.274 e. The molecule has 1 saturated heterocycles. The number of aromatic nitrogens is 1. The summed E-state index contributed by atoms with van der Waals surface area (Å²) in [5.41, 5.74) is 6.98. The smallest absolute Gasteiger partial charge is 0.272 e. The van der Waals surface area contributed by atoms with Gasteiger partial charge in [0, 0.05) is 29.5 Å². The molecule has 1 aromatic heterocycles. The molecule has 2 bridgehead atoms. The molecular weight excluding hydrogens is 524 g/mol. The fraction of sp³-hybridized carbons (Fsp3) is 0.156. The van der Waals surface area contributed by atoms with Crippen molar-refractivity contribution >= 4 is 41.2 Å². The van der Waals surface area contributed by atoms with Gasteiger partial charge in [0.05, 0.1) is 28.5 Å². The third kappa shape index (κ3) is 3.27. The van der Waals surface area contributed by atoms with Gasteiger partial charge in [-0.25, -0.2) is 10.3 Å². The minimum absolute atomic E-state index is 0.263. The summed E-state index contributed by atoms with van der Waals surface area (Å²) in [5.74, 6) is -2.69. The SMILES string of the molecule is Cc1ccc(N2C(=O)[C@@H]3C4c5ccccc5C(/C=N\NC(=O)c5cccnc5)(c5ccccc54)[C@H]3C2=O)cc1Cl. The first-order valence-corrected chi connectivity index (χ1v) is 13.4. The number of nitrogens with zero attached hydrogens (tertiary/aromatic N) is 3. The van der Waals surface area contributed by atoms with Crippen molar-refractivity contribution in [3.63, 3.8) is 0 Å². The minimum Gasteiger partial charge on any atom is -0.274 e. The lowest BCUT2D eigenvalue weighted by Gasteiger charge is -2.52. The molecule has 0 spiro atoms. The summed E-state index contributed by atoms with van der Waals surface area (Å²) in [5, 5.41) is 4.91. The Hall–Kier alpha value is -4.62. The molecule has 0 unspecified atom stereocenters. The van der Waals surface area contributed by atoms with Crippen molar-refractivity contribution in [3.05, 3.63) is 130 Å². The summed E-state index contributed by atoms with van der Waals surface area (Å²) >= 11 is 6.42. The van der Waals surface area contributed by atoms with E-state index >= 15 is 0 Å². The van der Waals surface area contributed by atoms with Crippen LogP contribution in [0.4, 0.5) is 5.69 Å². The number of rotatable bonds is 4. The Balaban J connectivity index is 1.41. The van der Waals surface area contributed by atoms with Crippen LogP contribution in [0.5, 0.6) is 0 Å². The molecule has 8 rings (SSSR count). The zero-order chi connectivity index (χ0) is 27.6. The molecule has 3 amide bonds. The molecule has 1 N–H and O–H groups in total. The van der Waals surface area contributed by atoms with Gasteiger partial charge in [-0.2, -0.15) is 5.10 Å². The predicted molar refractivity (Wildman–Crippen MR) is 151 cm³/mol. The fourth-order valence-electron chi connectivity index (χ4n) is 6.78. The van der Waals surface area contributed by atoms with E-state index in [1.54, 1.807) is 36.7 Å². The maximum Gasteiger partial charge on any atom is 0.272 e. The average Bonchev–Trinajstić information content (AvgIpc) is 3.25. The Morgan fingerprint density at radius 1 is 0.975 bits per heavy atom. The van der Waals surface area contributed by atoms with Gasteiger partial charge < -0.3 is 0 Å². The molecule has 2 atom stereocenters. The van der Waals surface area contributed by atoms with Gasteiger partial charge >= 0.3 is 0 Å². The summed E-state index contributed by atoms with van der Waals surface area (Å²) < 4.78 is 0. The second-order valence-electron chi connectivity index (χ2n) is 10.4. The molecule has 4 aliphatic rings. The Bertz CT molecular complexity index is 1700. The highest BCUT2D eigenvalue weighted by Crippen LogP contribution is 2.63. The molecule has 196 valence electrons. The van der Waals surface area contributed by atoms with E-state index in [9.17, 15) is 14.4 Å². The highest BCUT2D eigenvalue weighted by molar-refractivity contribution is 6.32. The number of anilines is 1. The van der Waals surface area contributed by atoms with Gasteiger partial charge in [-0.1, -0.05) is 66.2 Å². The van der Waals surface area contributed by atoms with Gasteiger partial charge in [0.15, 0.2) is 0 Å². The minimum atomic E-state index is -1.08. The summed E-state index contributed by atoms with van der Waals surface area (Å²) in [6.45, 7) is 1.87. The number of aryl methyl sites for hydroxylation is 1. The summed E-state index contributed by atoms with van der Waals surface area (Å²) in [6, 6.07) is 24.3. The molecule has 40 heavy (non-hydrogen) atoms. The fourth-order valence-corrected chi connectivity index (χ4v) is 6.95. The number of amides is 3. The first-order chi connectivity index (χ1) is 19.4. The van der Waals surface area contributed by atoms with Crippen LogP contribution in [0.1, 0.15) is 44.1 Å². The topological polar surface area (TPSA) is 91.7 Å². The van der Waals surface area contributed by atoms with E-state index < -0.39 is 23.2 Å². The molecule has 2 heterocycles. The molecule has 4 aromatic rings. The van der Waals surface area contributed by atoms with Crippen LogP contribution < -0.4 is 10.3 Å². The molecule has 3 aliphatic carbocycles. The normalized spacial score (nSPS) is 24.1. The van der Waals surface area contributed by atoms with Crippen LogP contribution in [0.15, 0.2) is 96.4 Å². The Morgan fingerprint density at radius 3 is 2.33 bits per heavy atom. The highest BCUT2D eigenvalue weighted by Gasteiger charge is 2.68. The van der Waals surface area contributed by atoms with Crippen molar-refractivity contribution in [1.82, 2.24) is 10.4 Å². The van der Waals surface area contributed by atoms with Crippen molar-refractivity contribution in [2.24, 2.45) is 16.9 Å². The van der Waals surface area contributed by atoms with E-state index in [1.165, 1.54) is 11.1 Å². The van der Waals surface area contributed by atoms with Crippen molar-refractivity contribution < 1.29 is 14.4 Å². The number of carbonyl (C=O) groups excluding carboxylic acids is 3. The van der Waals surface area contributed by atoms with Crippen LogP contribution in [-0.2, 0) is 15.0 Å². The van der Waals surface area contributed by atoms with E-state index in [0.717, 1.165) is 27.8 Å². The number of nitrogens with one attached hydrogen (secondary N) is 1. The lowest BCUT2D eigenvalue weighted by molar-refractivity contribution is -0.122. The van der Waals surface area contributed by atoms with Gasteiger partial charge in [0.1, 0.15) is 0 Å². The molecule has 1 fully saturated rings. The molecule has 0 radical (unpaired) electrons. The van der Waals surface area contributed by atoms with Crippen LogP contribution in [0.3, 0.4) is 0 Å². The molecule has 1 aliphatic heterocycles. The molecule has 3 aromatic carbocycles. The van der Waals surface area contributed by atoms with Crippen molar-refractivity contribution in [2.45, 2.75) is 18.3 Å². The molecule has 7 nitrogen and oxygen atoms in total. The number of imide groups is 1. The van der Waals surface area contributed by atoms with Crippen LogP contribution in [0.25, 0.3) is 0 Å². The van der Waals surface area contributed by atoms with Gasteiger partial charge in [0.25, 0.3) is 5.91 Å². The zero-order valence-electron chi connectivity index (χ0n) is 21.4. The maximum absolute atomic E-state index is 14.4. The van der Waals surface area contributed by atoms with Gasteiger partial charge in [-0.05, 0) is 59.0 Å². The van der Waals surface area contributed by atoms with E-state index in [4.69, 9.17) is 11.6 Å². The number of hydrazone groups is 1. The predicted octanol–water partition coefficient (Wildman–Crippen LogP) is 5.01. The van der Waals surface area contributed by atoms with Gasteiger partial charge in [-0.15, -0.1) is 0 Å². The number of hydrogen-bond donors (Lipinski definition) is 1. The third-order valence-electron chi connectivity index (χ3n) is 8.46. The van der Waals surface area contributed by atoms with E-state index in [1.807, 2.05) is 61.5 Å². The van der Waals surface area contributed by atoms with Crippen molar-refractivity contribution in [3.8, 4) is 0 Å². The van der Waals surface area contributed by atoms with E-state index in [-0.39, 0.29) is 17.7 Å². The van der Waals surface area contributed by atoms with Crippen LogP contribution >= 0.6 is 11.6 Å². The summed E-state index contributed by atoms with van der Waals surface area (Å²) in [4.78, 5) is 46.7. The number of benzene rings is 3.